The summed E-state index contributed by atoms with van der Waals surface area (Å²) in [6, 6.07) is 8.58. The molecule has 1 heterocycles. The van der Waals surface area contributed by atoms with Crippen LogP contribution in [0.4, 0.5) is 5.69 Å². The van der Waals surface area contributed by atoms with Gasteiger partial charge in [0.1, 0.15) is 0 Å². The summed E-state index contributed by atoms with van der Waals surface area (Å²) < 4.78 is 0. The third kappa shape index (κ3) is 10.5. The van der Waals surface area contributed by atoms with Crippen LogP contribution in [-0.2, 0) is 31.5 Å². The van der Waals surface area contributed by atoms with Gasteiger partial charge in [-0.25, -0.2) is 0 Å². The Morgan fingerprint density at radius 3 is 2.21 bits per heavy atom. The van der Waals surface area contributed by atoms with Crippen molar-refractivity contribution in [1.29, 1.82) is 0 Å². The molecule has 0 atom stereocenters. The molecule has 0 aliphatic heterocycles. The average Bonchev–Trinajstić information content (AvgIpc) is 3.23. The minimum absolute atomic E-state index is 0. The van der Waals surface area contributed by atoms with Gasteiger partial charge in [0.25, 0.3) is 0 Å². The van der Waals surface area contributed by atoms with Crippen molar-refractivity contribution in [3.05, 3.63) is 42.9 Å². The minimum atomic E-state index is 0. The maximum Gasteiger partial charge on any atom is 0.0737 e. The van der Waals surface area contributed by atoms with Crippen LogP contribution in [0.1, 0.15) is 25.7 Å². The molecule has 2 N–H and O–H groups in total. The van der Waals surface area contributed by atoms with Crippen molar-refractivity contribution in [3.8, 4) is 0 Å². The molecule has 1 saturated carbocycles. The Morgan fingerprint density at radius 1 is 1.00 bits per heavy atom. The van der Waals surface area contributed by atoms with E-state index in [0.717, 1.165) is 40.7 Å². The van der Waals surface area contributed by atoms with E-state index >= 15 is 0 Å². The molecule has 6 nitrogen and oxygen atoms in total. The Bertz CT molecular complexity index is 638. The molecule has 157 valence electrons. The topological polar surface area (TPSA) is 88.2 Å². The quantitative estimate of drug-likeness (QED) is 0.316. The molecule has 1 fully saturated rings. The van der Waals surface area contributed by atoms with E-state index in [4.69, 9.17) is 26.0 Å². The Kier molecular flexibility index (Phi) is 22.0. The van der Waals surface area contributed by atoms with Crippen LogP contribution in [0.5, 0.6) is 0 Å². The van der Waals surface area contributed by atoms with Crippen molar-refractivity contribution in [2.45, 2.75) is 31.7 Å². The van der Waals surface area contributed by atoms with Crippen LogP contribution in [0.2, 0.25) is 5.02 Å². The first-order chi connectivity index (χ1) is 12.8. The number of benzene rings is 1. The second kappa shape index (κ2) is 20.0. The summed E-state index contributed by atoms with van der Waals surface area (Å²) in [5.41, 5.74) is 2.06. The van der Waals surface area contributed by atoms with Gasteiger partial charge in [0.15, 0.2) is 0 Å². The molecular weight excluding hydrogens is 421 g/mol. The Labute approximate surface area is 183 Å². The maximum atomic E-state index is 7.75. The van der Waals surface area contributed by atoms with E-state index in [2.05, 4.69) is 36.0 Å². The van der Waals surface area contributed by atoms with Crippen molar-refractivity contribution >= 4 is 48.6 Å². The average molecular weight is 447 g/mol. The van der Waals surface area contributed by atoms with Crippen molar-refractivity contribution in [2.75, 3.05) is 18.4 Å². The van der Waals surface area contributed by atoms with Crippen molar-refractivity contribution < 1.29 is 31.5 Å². The molecule has 0 amide bonds. The molecule has 28 heavy (non-hydrogen) atoms. The molecule has 1 aliphatic carbocycles. The van der Waals surface area contributed by atoms with Crippen LogP contribution in [0.15, 0.2) is 30.5 Å². The summed E-state index contributed by atoms with van der Waals surface area (Å²) in [4.78, 5) is 27.6. The number of rotatable bonds is 5. The molecule has 0 unspecified atom stereocenters. The first-order valence-electron chi connectivity index (χ1n) is 8.05. The van der Waals surface area contributed by atoms with E-state index in [-0.39, 0.29) is 24.5 Å². The molecule has 1 aromatic carbocycles. The van der Waals surface area contributed by atoms with Crippen LogP contribution in [-0.4, -0.2) is 44.5 Å². The van der Waals surface area contributed by atoms with Gasteiger partial charge in [-0.15, -0.1) is 0 Å². The molecule has 3 rings (SSSR count). The second-order valence-electron chi connectivity index (χ2n) is 5.38. The van der Waals surface area contributed by atoms with E-state index in [1.807, 2.05) is 30.5 Å². The zero-order valence-electron chi connectivity index (χ0n) is 15.9. The molecule has 0 saturated heterocycles. The molecule has 0 spiro atoms. The Morgan fingerprint density at radius 2 is 1.61 bits per heavy atom. The summed E-state index contributed by atoms with van der Waals surface area (Å²) in [7, 11) is 0. The number of nitrogens with zero attached hydrogens (tertiary/aromatic N) is 1. The van der Waals surface area contributed by atoms with Crippen molar-refractivity contribution in [2.24, 2.45) is 0 Å². The summed E-state index contributed by atoms with van der Waals surface area (Å²) in [5.74, 6) is 0. The van der Waals surface area contributed by atoms with Crippen molar-refractivity contribution in [1.82, 2.24) is 10.3 Å². The molecule has 1 radical (unpaired) electrons. The first-order valence-corrected chi connectivity index (χ1v) is 8.43. The van der Waals surface area contributed by atoms with Gasteiger partial charge in [-0.3, -0.25) is 25.4 Å². The molecule has 0 bridgehead atoms. The number of halogens is 1. The van der Waals surface area contributed by atoms with Gasteiger partial charge in [-0.2, -0.15) is 0 Å². The smallest absolute Gasteiger partial charge is 0.0737 e. The van der Waals surface area contributed by atoms with Crippen LogP contribution in [0.3, 0.4) is 0 Å². The SMILES string of the molecule is Clc1ccc2c(NCCNC3CCCC3)ccnc2c1.[CH-]=O.[CH-]=O.[CH-]=O.[CH3-].[Mn]. The minimum Gasteiger partial charge on any atom is -0.545 e. The second-order valence-corrected chi connectivity index (χ2v) is 5.82. The molecule has 1 aromatic heterocycles. The van der Waals surface area contributed by atoms with Gasteiger partial charge in [0, 0.05) is 58.5 Å². The van der Waals surface area contributed by atoms with Crippen molar-refractivity contribution in [3.63, 3.8) is 0 Å². The fourth-order valence-electron chi connectivity index (χ4n) is 2.88. The van der Waals surface area contributed by atoms with Gasteiger partial charge in [-0.1, -0.05) is 24.4 Å². The number of hydrogen-bond acceptors (Lipinski definition) is 6. The third-order valence-corrected chi connectivity index (χ3v) is 4.17. The van der Waals surface area contributed by atoms with Gasteiger partial charge in [0.05, 0.1) is 5.52 Å². The largest absolute Gasteiger partial charge is 0.545 e. The molecule has 2 aromatic rings. The summed E-state index contributed by atoms with van der Waals surface area (Å²) >= 11 is 6.00. The van der Waals surface area contributed by atoms with Gasteiger partial charge in [-0.05, 0) is 37.1 Å². The maximum absolute atomic E-state index is 7.75. The zero-order chi connectivity index (χ0) is 19.8. The normalized spacial score (nSPS) is 11.8. The van der Waals surface area contributed by atoms with Gasteiger partial charge < -0.3 is 32.4 Å². The number of aromatic nitrogens is 1. The van der Waals surface area contributed by atoms with Crippen LogP contribution in [0.25, 0.3) is 10.9 Å². The number of carbonyl (C=O) groups excluding carboxylic acids is 3. The van der Waals surface area contributed by atoms with Crippen LogP contribution >= 0.6 is 11.6 Å². The van der Waals surface area contributed by atoms with Crippen LogP contribution in [0, 0.1) is 7.43 Å². The number of hydrogen-bond donors (Lipinski definition) is 2. The Balaban J connectivity index is -0.000000716. The van der Waals surface area contributed by atoms with Crippen LogP contribution < -0.4 is 10.6 Å². The summed E-state index contributed by atoms with van der Waals surface area (Å²) in [6.07, 6.45) is 7.24. The van der Waals surface area contributed by atoms with E-state index in [1.54, 1.807) is 0 Å². The number of nitrogens with one attached hydrogen (secondary N) is 2. The van der Waals surface area contributed by atoms with E-state index < -0.39 is 0 Å². The predicted molar refractivity (Wildman–Crippen MR) is 112 cm³/mol. The summed E-state index contributed by atoms with van der Waals surface area (Å²) in [5, 5.41) is 8.95. The first kappa shape index (κ1) is 30.9. The fraction of sp³-hybridized carbons (Fsp3) is 0.350. The third-order valence-electron chi connectivity index (χ3n) is 3.93. The molecule has 8 heteroatoms. The number of anilines is 1. The van der Waals surface area contributed by atoms with E-state index in [1.165, 1.54) is 25.7 Å². The predicted octanol–water partition coefficient (Wildman–Crippen LogP) is 3.46. The fourth-order valence-corrected chi connectivity index (χ4v) is 3.05. The van der Waals surface area contributed by atoms with Gasteiger partial charge in [0.2, 0.25) is 0 Å². The molecular formula is C20H26ClMnN3O3-4. The zero-order valence-corrected chi connectivity index (χ0v) is 17.8. The van der Waals surface area contributed by atoms with E-state index in [0.29, 0.717) is 0 Å². The van der Waals surface area contributed by atoms with Gasteiger partial charge >= 0.3 is 0 Å². The standard InChI is InChI=1S/C16H20ClN3.3CHO.CH3.Mn/c17-12-5-6-14-15(7-8-19-16(14)11-12)20-10-9-18-13-3-1-2-4-13;3*1-2;;/h5-8,11,13,18H,1-4,9-10H2,(H,19,20);3*1H;1H3;/q;4*-1;. The number of fused-ring (bicyclic) bond motifs is 1. The Hall–Kier alpha value is -1.79. The molecule has 1 aliphatic rings. The number of pyridine rings is 1. The summed E-state index contributed by atoms with van der Waals surface area (Å²) in [6.45, 7) is 11.7. The monoisotopic (exact) mass is 446 g/mol. The van der Waals surface area contributed by atoms with E-state index in [9.17, 15) is 0 Å².